The van der Waals surface area contributed by atoms with Crippen LogP contribution in [-0.4, -0.2) is 25.4 Å². The molecule has 4 heteroatoms. The van der Waals surface area contributed by atoms with Crippen LogP contribution in [0.25, 0.3) is 0 Å². The molecule has 1 fully saturated rings. The number of nitrogens with two attached hydrogens (primary N) is 1. The van der Waals surface area contributed by atoms with E-state index in [0.717, 1.165) is 36.3 Å². The van der Waals surface area contributed by atoms with Crippen LogP contribution in [0.5, 0.6) is 0 Å². The van der Waals surface area contributed by atoms with Gasteiger partial charge in [0.05, 0.1) is 18.3 Å². The maximum absolute atomic E-state index is 6.26. The summed E-state index contributed by atoms with van der Waals surface area (Å²) in [4.78, 5) is 0. The Hall–Kier alpha value is -0.610. The minimum Gasteiger partial charge on any atom is -0.381 e. The highest BCUT2D eigenvalue weighted by atomic mass is 35.5. The van der Waals surface area contributed by atoms with E-state index in [1.165, 1.54) is 0 Å². The van der Waals surface area contributed by atoms with Gasteiger partial charge >= 0.3 is 0 Å². The first-order valence-electron chi connectivity index (χ1n) is 7.29. The zero-order valence-electron chi connectivity index (χ0n) is 12.2. The van der Waals surface area contributed by atoms with E-state index in [1.54, 1.807) is 7.11 Å². The number of methoxy groups -OCH3 is 1. The Bertz CT molecular complexity index is 407. The first-order chi connectivity index (χ1) is 9.60. The van der Waals surface area contributed by atoms with Crippen molar-refractivity contribution in [1.29, 1.82) is 0 Å². The molecule has 1 aliphatic rings. The first kappa shape index (κ1) is 15.8. The maximum Gasteiger partial charge on any atom is 0.0976 e. The predicted octanol–water partition coefficient (Wildman–Crippen LogP) is 3.70. The van der Waals surface area contributed by atoms with E-state index >= 15 is 0 Å². The topological polar surface area (TPSA) is 44.5 Å². The highest BCUT2D eigenvalue weighted by molar-refractivity contribution is 6.30. The zero-order chi connectivity index (χ0) is 14.5. The number of halogens is 1. The summed E-state index contributed by atoms with van der Waals surface area (Å²) in [5.74, 6) is 0. The van der Waals surface area contributed by atoms with Crippen LogP contribution in [0.1, 0.15) is 44.3 Å². The van der Waals surface area contributed by atoms with Gasteiger partial charge in [-0.1, -0.05) is 23.7 Å². The van der Waals surface area contributed by atoms with Crippen molar-refractivity contribution in [2.45, 2.75) is 57.0 Å². The molecule has 4 atom stereocenters. The lowest BCUT2D eigenvalue weighted by molar-refractivity contribution is -0.0725. The molecule has 112 valence electrons. The minimum absolute atomic E-state index is 0.0564. The Kier molecular flexibility index (Phi) is 5.85. The standard InChI is InChI=1S/C16H24ClNO2/c1-11(18)16(12-6-8-13(17)9-7-12)20-15-5-3-4-14(10-15)19-2/h6-9,11,14-16H,3-5,10,18H2,1-2H3. The average molecular weight is 298 g/mol. The molecule has 1 aliphatic carbocycles. The van der Waals surface area contributed by atoms with Gasteiger partial charge in [-0.15, -0.1) is 0 Å². The second-order valence-electron chi connectivity index (χ2n) is 5.61. The third-order valence-corrected chi connectivity index (χ3v) is 4.18. The molecule has 0 spiro atoms. The van der Waals surface area contributed by atoms with Crippen molar-refractivity contribution in [2.75, 3.05) is 7.11 Å². The minimum atomic E-state index is -0.0899. The van der Waals surface area contributed by atoms with Crippen molar-refractivity contribution >= 4 is 11.6 Å². The van der Waals surface area contributed by atoms with Crippen LogP contribution in [0.3, 0.4) is 0 Å². The van der Waals surface area contributed by atoms with Crippen molar-refractivity contribution in [2.24, 2.45) is 5.73 Å². The molecular formula is C16H24ClNO2. The molecule has 1 saturated carbocycles. The van der Waals surface area contributed by atoms with E-state index in [4.69, 9.17) is 26.8 Å². The van der Waals surface area contributed by atoms with Crippen LogP contribution in [0, 0.1) is 0 Å². The van der Waals surface area contributed by atoms with Gasteiger partial charge in [-0.3, -0.25) is 0 Å². The molecule has 0 aliphatic heterocycles. The molecule has 0 radical (unpaired) electrons. The molecule has 0 aromatic heterocycles. The van der Waals surface area contributed by atoms with E-state index in [1.807, 2.05) is 31.2 Å². The smallest absolute Gasteiger partial charge is 0.0976 e. The van der Waals surface area contributed by atoms with E-state index in [-0.39, 0.29) is 18.2 Å². The molecule has 0 amide bonds. The van der Waals surface area contributed by atoms with Gasteiger partial charge in [0.25, 0.3) is 0 Å². The van der Waals surface area contributed by atoms with Crippen LogP contribution in [0.4, 0.5) is 0 Å². The number of hydrogen-bond acceptors (Lipinski definition) is 3. The van der Waals surface area contributed by atoms with Crippen LogP contribution in [-0.2, 0) is 9.47 Å². The highest BCUT2D eigenvalue weighted by Crippen LogP contribution is 2.30. The van der Waals surface area contributed by atoms with Gasteiger partial charge in [0.1, 0.15) is 0 Å². The fraction of sp³-hybridized carbons (Fsp3) is 0.625. The van der Waals surface area contributed by atoms with E-state index in [0.29, 0.717) is 6.10 Å². The number of rotatable bonds is 5. The molecule has 4 unspecified atom stereocenters. The molecule has 0 bridgehead atoms. The Balaban J connectivity index is 2.04. The number of ether oxygens (including phenoxy) is 2. The van der Waals surface area contributed by atoms with E-state index in [2.05, 4.69) is 0 Å². The monoisotopic (exact) mass is 297 g/mol. The van der Waals surface area contributed by atoms with Crippen LogP contribution in [0.15, 0.2) is 24.3 Å². The molecule has 1 aromatic carbocycles. The summed E-state index contributed by atoms with van der Waals surface area (Å²) in [6, 6.07) is 7.70. The third-order valence-electron chi connectivity index (χ3n) is 3.93. The second-order valence-corrected chi connectivity index (χ2v) is 6.05. The van der Waals surface area contributed by atoms with Crippen molar-refractivity contribution in [3.05, 3.63) is 34.9 Å². The van der Waals surface area contributed by atoms with Crippen molar-refractivity contribution in [3.63, 3.8) is 0 Å². The lowest BCUT2D eigenvalue weighted by atomic mass is 9.94. The highest BCUT2D eigenvalue weighted by Gasteiger charge is 2.27. The molecular weight excluding hydrogens is 274 g/mol. The number of benzene rings is 1. The summed E-state index contributed by atoms with van der Waals surface area (Å²) in [5.41, 5.74) is 7.19. The summed E-state index contributed by atoms with van der Waals surface area (Å²) in [6.45, 7) is 1.98. The summed E-state index contributed by atoms with van der Waals surface area (Å²) in [5, 5.41) is 0.731. The molecule has 3 nitrogen and oxygen atoms in total. The van der Waals surface area contributed by atoms with Gasteiger partial charge < -0.3 is 15.2 Å². The average Bonchev–Trinajstić information content (AvgIpc) is 2.46. The van der Waals surface area contributed by atoms with Gasteiger partial charge in [-0.2, -0.15) is 0 Å². The van der Waals surface area contributed by atoms with Crippen molar-refractivity contribution in [1.82, 2.24) is 0 Å². The largest absolute Gasteiger partial charge is 0.381 e. The van der Waals surface area contributed by atoms with Crippen LogP contribution >= 0.6 is 11.6 Å². The lowest BCUT2D eigenvalue weighted by Crippen LogP contribution is -2.34. The summed E-state index contributed by atoms with van der Waals surface area (Å²) in [6.07, 6.45) is 4.75. The van der Waals surface area contributed by atoms with E-state index < -0.39 is 0 Å². The van der Waals surface area contributed by atoms with Gasteiger partial charge in [0, 0.05) is 18.2 Å². The summed E-state index contributed by atoms with van der Waals surface area (Å²) in [7, 11) is 1.77. The molecule has 0 heterocycles. The maximum atomic E-state index is 6.26. The molecule has 1 aromatic rings. The second kappa shape index (κ2) is 7.41. The first-order valence-corrected chi connectivity index (χ1v) is 7.67. The molecule has 2 N–H and O–H groups in total. The zero-order valence-corrected chi connectivity index (χ0v) is 13.0. The SMILES string of the molecule is COC1CCCC(OC(c2ccc(Cl)cc2)C(C)N)C1. The lowest BCUT2D eigenvalue weighted by Gasteiger charge is -2.33. The van der Waals surface area contributed by atoms with Gasteiger partial charge in [-0.05, 0) is 50.3 Å². The number of hydrogen-bond donors (Lipinski definition) is 1. The summed E-state index contributed by atoms with van der Waals surface area (Å²) >= 11 is 5.94. The fourth-order valence-electron chi connectivity index (χ4n) is 2.81. The summed E-state index contributed by atoms with van der Waals surface area (Å²) < 4.78 is 11.7. The normalized spacial score (nSPS) is 26.2. The van der Waals surface area contributed by atoms with Gasteiger partial charge in [-0.25, -0.2) is 0 Å². The Morgan fingerprint density at radius 2 is 1.85 bits per heavy atom. The molecule has 20 heavy (non-hydrogen) atoms. The fourth-order valence-corrected chi connectivity index (χ4v) is 2.93. The Morgan fingerprint density at radius 3 is 2.45 bits per heavy atom. The Labute approximate surface area is 126 Å². The third kappa shape index (κ3) is 4.19. The van der Waals surface area contributed by atoms with Gasteiger partial charge in [0.2, 0.25) is 0 Å². The van der Waals surface area contributed by atoms with Gasteiger partial charge in [0.15, 0.2) is 0 Å². The van der Waals surface area contributed by atoms with Crippen LogP contribution in [0.2, 0.25) is 5.02 Å². The van der Waals surface area contributed by atoms with E-state index in [9.17, 15) is 0 Å². The quantitative estimate of drug-likeness (QED) is 0.901. The Morgan fingerprint density at radius 1 is 1.20 bits per heavy atom. The van der Waals surface area contributed by atoms with Crippen molar-refractivity contribution < 1.29 is 9.47 Å². The van der Waals surface area contributed by atoms with Crippen LogP contribution < -0.4 is 5.73 Å². The molecule has 2 rings (SSSR count). The van der Waals surface area contributed by atoms with Crippen molar-refractivity contribution in [3.8, 4) is 0 Å². The molecule has 0 saturated heterocycles. The predicted molar refractivity (Wildman–Crippen MR) is 82.0 cm³/mol.